The molecule has 1 heterocycles. The van der Waals surface area contributed by atoms with Crippen molar-refractivity contribution >= 4 is 27.3 Å². The SMILES string of the molecule is CCc1ccc(S(=O)(=O)N(CC(=O)O)CC2CC2)s1. The monoisotopic (exact) mass is 303 g/mol. The van der Waals surface area contributed by atoms with Crippen LogP contribution in [0.4, 0.5) is 0 Å². The number of rotatable bonds is 7. The van der Waals surface area contributed by atoms with E-state index >= 15 is 0 Å². The standard InChI is InChI=1S/C12H17NO4S2/c1-2-10-5-6-12(18-10)19(16,17)13(8-11(14)15)7-9-3-4-9/h5-6,9H,2-4,7-8H2,1H3,(H,14,15). The summed E-state index contributed by atoms with van der Waals surface area (Å²) in [7, 11) is -3.67. The van der Waals surface area contributed by atoms with Crippen molar-refractivity contribution in [1.29, 1.82) is 0 Å². The average Bonchev–Trinajstić information content (AvgIpc) is 3.02. The van der Waals surface area contributed by atoms with Crippen molar-refractivity contribution in [2.24, 2.45) is 5.92 Å². The summed E-state index contributed by atoms with van der Waals surface area (Å²) >= 11 is 1.22. The van der Waals surface area contributed by atoms with Gasteiger partial charge in [-0.15, -0.1) is 11.3 Å². The van der Waals surface area contributed by atoms with Gasteiger partial charge in [-0.05, 0) is 37.3 Å². The molecule has 0 amide bonds. The first-order chi connectivity index (χ1) is 8.93. The van der Waals surface area contributed by atoms with E-state index in [0.717, 1.165) is 28.4 Å². The number of carboxylic acid groups (broad SMARTS) is 1. The average molecular weight is 303 g/mol. The maximum Gasteiger partial charge on any atom is 0.318 e. The largest absolute Gasteiger partial charge is 0.480 e. The summed E-state index contributed by atoms with van der Waals surface area (Å²) in [6, 6.07) is 3.36. The summed E-state index contributed by atoms with van der Waals surface area (Å²) in [4.78, 5) is 11.8. The Balaban J connectivity index is 2.23. The molecular weight excluding hydrogens is 286 g/mol. The smallest absolute Gasteiger partial charge is 0.318 e. The lowest BCUT2D eigenvalue weighted by molar-refractivity contribution is -0.137. The first-order valence-electron chi connectivity index (χ1n) is 6.24. The van der Waals surface area contributed by atoms with Crippen molar-refractivity contribution in [3.63, 3.8) is 0 Å². The van der Waals surface area contributed by atoms with Crippen LogP contribution < -0.4 is 0 Å². The van der Waals surface area contributed by atoms with Gasteiger partial charge in [0.25, 0.3) is 10.0 Å². The van der Waals surface area contributed by atoms with Gasteiger partial charge in [0, 0.05) is 11.4 Å². The molecule has 0 radical (unpaired) electrons. The van der Waals surface area contributed by atoms with Gasteiger partial charge in [0.15, 0.2) is 0 Å². The van der Waals surface area contributed by atoms with E-state index in [0.29, 0.717) is 12.5 Å². The van der Waals surface area contributed by atoms with Gasteiger partial charge in [-0.3, -0.25) is 4.79 Å². The van der Waals surface area contributed by atoms with E-state index in [1.54, 1.807) is 12.1 Å². The van der Waals surface area contributed by atoms with Gasteiger partial charge in [0.1, 0.15) is 10.8 Å². The van der Waals surface area contributed by atoms with Crippen molar-refractivity contribution < 1.29 is 18.3 Å². The molecular formula is C12H17NO4S2. The fourth-order valence-electron chi connectivity index (χ4n) is 1.80. The van der Waals surface area contributed by atoms with Crippen LogP contribution in [0.3, 0.4) is 0 Å². The van der Waals surface area contributed by atoms with Crippen LogP contribution >= 0.6 is 11.3 Å². The zero-order valence-corrected chi connectivity index (χ0v) is 12.3. The molecule has 1 aromatic heterocycles. The third-order valence-electron chi connectivity index (χ3n) is 3.05. The van der Waals surface area contributed by atoms with E-state index in [2.05, 4.69) is 0 Å². The normalized spacial score (nSPS) is 15.9. The lowest BCUT2D eigenvalue weighted by atomic mass is 10.4. The second-order valence-corrected chi connectivity index (χ2v) is 8.04. The van der Waals surface area contributed by atoms with Crippen LogP contribution in [0.2, 0.25) is 0 Å². The van der Waals surface area contributed by atoms with Crippen LogP contribution in [-0.4, -0.2) is 36.9 Å². The molecule has 0 aliphatic heterocycles. The van der Waals surface area contributed by atoms with Gasteiger partial charge in [0.05, 0.1) is 0 Å². The third-order valence-corrected chi connectivity index (χ3v) is 6.56. The fraction of sp³-hybridized carbons (Fsp3) is 0.583. The number of nitrogens with zero attached hydrogens (tertiary/aromatic N) is 1. The van der Waals surface area contributed by atoms with Gasteiger partial charge >= 0.3 is 5.97 Å². The number of hydrogen-bond acceptors (Lipinski definition) is 4. The molecule has 0 unspecified atom stereocenters. The number of aryl methyl sites for hydroxylation is 1. The Morgan fingerprint density at radius 2 is 2.16 bits per heavy atom. The fourth-order valence-corrected chi connectivity index (χ4v) is 4.72. The molecule has 1 fully saturated rings. The number of thiophene rings is 1. The Bertz CT molecular complexity index is 560. The van der Waals surface area contributed by atoms with E-state index in [1.165, 1.54) is 11.3 Å². The molecule has 0 aromatic carbocycles. The zero-order valence-electron chi connectivity index (χ0n) is 10.7. The second kappa shape index (κ2) is 5.60. The minimum Gasteiger partial charge on any atom is -0.480 e. The second-order valence-electron chi connectivity index (χ2n) is 4.71. The summed E-state index contributed by atoms with van der Waals surface area (Å²) in [6.45, 7) is 1.81. The van der Waals surface area contributed by atoms with Gasteiger partial charge in [-0.2, -0.15) is 4.31 Å². The number of hydrogen-bond donors (Lipinski definition) is 1. The predicted molar refractivity (Wildman–Crippen MR) is 72.8 cm³/mol. The molecule has 1 aliphatic carbocycles. The highest BCUT2D eigenvalue weighted by atomic mass is 32.2. The van der Waals surface area contributed by atoms with E-state index in [-0.39, 0.29) is 4.21 Å². The van der Waals surface area contributed by atoms with E-state index in [1.807, 2.05) is 6.92 Å². The Morgan fingerprint density at radius 3 is 2.63 bits per heavy atom. The van der Waals surface area contributed by atoms with Crippen LogP contribution in [-0.2, 0) is 21.2 Å². The van der Waals surface area contributed by atoms with Gasteiger partial charge < -0.3 is 5.11 Å². The quantitative estimate of drug-likeness (QED) is 0.833. The Hall–Kier alpha value is -0.920. The molecule has 2 rings (SSSR count). The van der Waals surface area contributed by atoms with E-state index in [4.69, 9.17) is 5.11 Å². The summed E-state index contributed by atoms with van der Waals surface area (Å²) in [5, 5.41) is 8.88. The number of carbonyl (C=O) groups is 1. The summed E-state index contributed by atoms with van der Waals surface area (Å²) < 4.78 is 26.2. The molecule has 19 heavy (non-hydrogen) atoms. The molecule has 0 atom stereocenters. The van der Waals surface area contributed by atoms with Gasteiger partial charge in [0.2, 0.25) is 0 Å². The highest BCUT2D eigenvalue weighted by molar-refractivity contribution is 7.91. The van der Waals surface area contributed by atoms with Crippen LogP contribution in [0, 0.1) is 5.92 Å². The van der Waals surface area contributed by atoms with Crippen molar-refractivity contribution in [1.82, 2.24) is 4.31 Å². The maximum absolute atomic E-state index is 12.4. The van der Waals surface area contributed by atoms with Crippen LogP contribution in [0.5, 0.6) is 0 Å². The molecule has 7 heteroatoms. The lowest BCUT2D eigenvalue weighted by Gasteiger charge is -2.19. The van der Waals surface area contributed by atoms with Crippen molar-refractivity contribution in [3.8, 4) is 0 Å². The summed E-state index contributed by atoms with van der Waals surface area (Å²) in [6.07, 6.45) is 2.74. The minimum absolute atomic E-state index is 0.242. The predicted octanol–water partition coefficient (Wildman–Crippen LogP) is 1.80. The molecule has 1 N–H and O–H groups in total. The van der Waals surface area contributed by atoms with Crippen molar-refractivity contribution in [2.45, 2.75) is 30.4 Å². The van der Waals surface area contributed by atoms with Crippen molar-refractivity contribution in [3.05, 3.63) is 17.0 Å². The molecule has 1 saturated carbocycles. The molecule has 1 aromatic rings. The molecule has 1 aliphatic rings. The maximum atomic E-state index is 12.4. The minimum atomic E-state index is -3.67. The summed E-state index contributed by atoms with van der Waals surface area (Å²) in [5.74, 6) is -0.795. The van der Waals surface area contributed by atoms with Crippen LogP contribution in [0.1, 0.15) is 24.6 Å². The Kier molecular flexibility index (Phi) is 4.27. The lowest BCUT2D eigenvalue weighted by Crippen LogP contribution is -2.36. The number of sulfonamides is 1. The van der Waals surface area contributed by atoms with Gasteiger partial charge in [-0.25, -0.2) is 8.42 Å². The highest BCUT2D eigenvalue weighted by Gasteiger charge is 2.33. The Labute approximate surface area is 116 Å². The highest BCUT2D eigenvalue weighted by Crippen LogP contribution is 2.32. The van der Waals surface area contributed by atoms with Crippen LogP contribution in [0.15, 0.2) is 16.3 Å². The molecule has 106 valence electrons. The zero-order chi connectivity index (χ0) is 14.0. The topological polar surface area (TPSA) is 74.7 Å². The number of aliphatic carboxylic acids is 1. The Morgan fingerprint density at radius 1 is 1.47 bits per heavy atom. The molecule has 0 bridgehead atoms. The first-order valence-corrected chi connectivity index (χ1v) is 8.49. The third kappa shape index (κ3) is 3.55. The molecule has 5 nitrogen and oxygen atoms in total. The molecule has 0 spiro atoms. The van der Waals surface area contributed by atoms with Crippen LogP contribution in [0.25, 0.3) is 0 Å². The van der Waals surface area contributed by atoms with E-state index in [9.17, 15) is 13.2 Å². The first kappa shape index (κ1) is 14.5. The molecule has 0 saturated heterocycles. The number of carboxylic acids is 1. The van der Waals surface area contributed by atoms with Crippen molar-refractivity contribution in [2.75, 3.05) is 13.1 Å². The summed E-state index contributed by atoms with van der Waals surface area (Å²) in [5.41, 5.74) is 0. The van der Waals surface area contributed by atoms with E-state index < -0.39 is 22.5 Å². The van der Waals surface area contributed by atoms with Gasteiger partial charge in [-0.1, -0.05) is 6.92 Å².